The van der Waals surface area contributed by atoms with E-state index in [-0.39, 0.29) is 0 Å². The number of hydrogen-bond donors (Lipinski definition) is 0. The van der Waals surface area contributed by atoms with E-state index in [2.05, 4.69) is 88.5 Å². The number of nitrogens with zero attached hydrogens (tertiary/aromatic N) is 5. The summed E-state index contributed by atoms with van der Waals surface area (Å²) in [6.45, 7) is 4.08. The second-order valence-corrected chi connectivity index (χ2v) is 8.50. The SMILES string of the molecule is Cc1c(C)n(C#N)c2ccc(N(c3ccc(N(C)C)cc3)c3ccc(N(C)C)cc3)cc12. The zero-order valence-electron chi connectivity index (χ0n) is 19.6. The van der Waals surface area contributed by atoms with Crippen LogP contribution in [-0.2, 0) is 0 Å². The molecule has 0 aliphatic carbocycles. The zero-order valence-corrected chi connectivity index (χ0v) is 19.6. The van der Waals surface area contributed by atoms with E-state index in [0.717, 1.165) is 50.6 Å². The van der Waals surface area contributed by atoms with E-state index in [4.69, 9.17) is 0 Å². The average molecular weight is 424 g/mol. The minimum absolute atomic E-state index is 0.942. The van der Waals surface area contributed by atoms with Gasteiger partial charge in [0.25, 0.3) is 0 Å². The number of aryl methyl sites for hydroxylation is 1. The standard InChI is InChI=1S/C27H29N5/c1-19-20(2)31(18-28)27-16-15-25(17-26(19)27)32(23-11-7-21(8-12-23)29(3)4)24-13-9-22(10-14-24)30(5)6/h7-17H,1-6H3. The van der Waals surface area contributed by atoms with E-state index >= 15 is 0 Å². The van der Waals surface area contributed by atoms with Gasteiger partial charge >= 0.3 is 0 Å². The number of anilines is 5. The van der Waals surface area contributed by atoms with Crippen LogP contribution in [0.4, 0.5) is 28.4 Å². The van der Waals surface area contributed by atoms with Crippen LogP contribution in [0, 0.1) is 25.3 Å². The van der Waals surface area contributed by atoms with E-state index in [1.165, 1.54) is 0 Å². The Morgan fingerprint density at radius 2 is 1.09 bits per heavy atom. The molecule has 162 valence electrons. The normalized spacial score (nSPS) is 10.8. The highest BCUT2D eigenvalue weighted by Gasteiger charge is 2.17. The van der Waals surface area contributed by atoms with Crippen LogP contribution >= 0.6 is 0 Å². The summed E-state index contributed by atoms with van der Waals surface area (Å²) in [7, 11) is 8.19. The fourth-order valence-corrected chi connectivity index (χ4v) is 4.08. The molecular weight excluding hydrogens is 394 g/mol. The number of hydrogen-bond acceptors (Lipinski definition) is 4. The minimum atomic E-state index is 0.942. The Hall–Kier alpha value is -3.91. The van der Waals surface area contributed by atoms with Crippen LogP contribution in [-0.4, -0.2) is 32.8 Å². The summed E-state index contributed by atoms with van der Waals surface area (Å²) in [5.41, 5.74) is 8.60. The third kappa shape index (κ3) is 3.65. The number of aromatic nitrogens is 1. The maximum Gasteiger partial charge on any atom is 0.189 e. The van der Waals surface area contributed by atoms with Gasteiger partial charge in [-0.3, -0.25) is 4.57 Å². The quantitative estimate of drug-likeness (QED) is 0.384. The summed E-state index contributed by atoms with van der Waals surface area (Å²) in [6.07, 6.45) is 2.30. The van der Waals surface area contributed by atoms with Gasteiger partial charge in [0.1, 0.15) is 0 Å². The Kier molecular flexibility index (Phi) is 5.54. The first-order valence-electron chi connectivity index (χ1n) is 10.7. The smallest absolute Gasteiger partial charge is 0.189 e. The van der Waals surface area contributed by atoms with Crippen LogP contribution in [0.15, 0.2) is 66.7 Å². The molecule has 1 aromatic heterocycles. The second-order valence-electron chi connectivity index (χ2n) is 8.50. The van der Waals surface area contributed by atoms with Crippen LogP contribution in [0.1, 0.15) is 11.3 Å². The second kappa shape index (κ2) is 8.32. The number of nitriles is 1. The molecule has 0 amide bonds. The molecule has 0 atom stereocenters. The van der Waals surface area contributed by atoms with Crippen molar-refractivity contribution < 1.29 is 0 Å². The highest BCUT2D eigenvalue weighted by molar-refractivity contribution is 5.91. The number of rotatable bonds is 5. The van der Waals surface area contributed by atoms with Crippen LogP contribution in [0.25, 0.3) is 10.9 Å². The molecular formula is C27H29N5. The van der Waals surface area contributed by atoms with Crippen molar-refractivity contribution in [1.29, 1.82) is 5.26 Å². The van der Waals surface area contributed by atoms with E-state index in [0.29, 0.717) is 0 Å². The fourth-order valence-electron chi connectivity index (χ4n) is 4.08. The Morgan fingerprint density at radius 1 is 0.656 bits per heavy atom. The van der Waals surface area contributed by atoms with Crippen molar-refractivity contribution >= 4 is 39.3 Å². The van der Waals surface area contributed by atoms with Crippen molar-refractivity contribution in [2.24, 2.45) is 0 Å². The Bertz CT molecular complexity index is 1240. The summed E-state index contributed by atoms with van der Waals surface area (Å²) in [5, 5.41) is 10.7. The van der Waals surface area contributed by atoms with Gasteiger partial charge in [-0.2, -0.15) is 5.26 Å². The monoisotopic (exact) mass is 423 g/mol. The minimum Gasteiger partial charge on any atom is -0.378 e. The van der Waals surface area contributed by atoms with Gasteiger partial charge in [-0.25, -0.2) is 0 Å². The molecule has 0 saturated heterocycles. The maximum atomic E-state index is 9.60. The molecule has 32 heavy (non-hydrogen) atoms. The molecule has 0 aliphatic heterocycles. The summed E-state index contributed by atoms with van der Waals surface area (Å²) in [4.78, 5) is 6.46. The largest absolute Gasteiger partial charge is 0.378 e. The first kappa shape index (κ1) is 21.3. The Morgan fingerprint density at radius 3 is 1.53 bits per heavy atom. The van der Waals surface area contributed by atoms with Crippen molar-refractivity contribution in [1.82, 2.24) is 4.57 Å². The van der Waals surface area contributed by atoms with Crippen molar-refractivity contribution in [3.63, 3.8) is 0 Å². The van der Waals surface area contributed by atoms with Gasteiger partial charge in [-0.1, -0.05) is 0 Å². The topological polar surface area (TPSA) is 38.4 Å². The lowest BCUT2D eigenvalue weighted by atomic mass is 10.1. The lowest BCUT2D eigenvalue weighted by Crippen LogP contribution is -2.12. The molecule has 3 aromatic carbocycles. The summed E-state index contributed by atoms with van der Waals surface area (Å²) in [6, 6.07) is 23.5. The number of benzene rings is 3. The van der Waals surface area contributed by atoms with E-state index in [1.54, 1.807) is 4.57 Å². The molecule has 0 saturated carbocycles. The van der Waals surface area contributed by atoms with Crippen LogP contribution in [0.3, 0.4) is 0 Å². The lowest BCUT2D eigenvalue weighted by molar-refractivity contribution is 1.06. The van der Waals surface area contributed by atoms with Gasteiger partial charge in [0.2, 0.25) is 0 Å². The Labute approximate surface area is 190 Å². The molecule has 0 fully saturated rings. The summed E-state index contributed by atoms with van der Waals surface area (Å²) >= 11 is 0. The van der Waals surface area contributed by atoms with Gasteiger partial charge < -0.3 is 14.7 Å². The van der Waals surface area contributed by atoms with E-state index < -0.39 is 0 Å². The molecule has 4 aromatic rings. The highest BCUT2D eigenvalue weighted by Crippen LogP contribution is 2.38. The van der Waals surface area contributed by atoms with Crippen molar-refractivity contribution in [2.45, 2.75) is 13.8 Å². The third-order valence-electron chi connectivity index (χ3n) is 6.11. The van der Waals surface area contributed by atoms with Gasteiger partial charge in [-0.05, 0) is 86.1 Å². The van der Waals surface area contributed by atoms with Crippen LogP contribution in [0.2, 0.25) is 0 Å². The first-order valence-corrected chi connectivity index (χ1v) is 10.7. The predicted molar refractivity (Wildman–Crippen MR) is 136 cm³/mol. The molecule has 0 unspecified atom stereocenters. The molecule has 5 heteroatoms. The highest BCUT2D eigenvalue weighted by atomic mass is 15.1. The predicted octanol–water partition coefficient (Wildman–Crippen LogP) is 6.19. The molecule has 0 radical (unpaired) electrons. The average Bonchev–Trinajstić information content (AvgIpc) is 3.04. The molecule has 0 aliphatic rings. The third-order valence-corrected chi connectivity index (χ3v) is 6.11. The fraction of sp³-hybridized carbons (Fsp3) is 0.222. The molecule has 4 rings (SSSR count). The lowest BCUT2D eigenvalue weighted by Gasteiger charge is -2.27. The molecule has 0 bridgehead atoms. The first-order chi connectivity index (χ1) is 15.3. The van der Waals surface area contributed by atoms with Crippen LogP contribution < -0.4 is 14.7 Å². The summed E-state index contributed by atoms with van der Waals surface area (Å²) < 4.78 is 1.70. The Balaban J connectivity index is 1.89. The molecule has 0 N–H and O–H groups in total. The van der Waals surface area contributed by atoms with Crippen molar-refractivity contribution in [2.75, 3.05) is 42.9 Å². The van der Waals surface area contributed by atoms with E-state index in [1.807, 2.05) is 41.2 Å². The summed E-state index contributed by atoms with van der Waals surface area (Å²) in [5.74, 6) is 0. The van der Waals surface area contributed by atoms with Gasteiger partial charge in [0.05, 0.1) is 5.52 Å². The zero-order chi connectivity index (χ0) is 23.0. The van der Waals surface area contributed by atoms with Crippen molar-refractivity contribution in [3.8, 4) is 6.19 Å². The maximum absolute atomic E-state index is 9.60. The molecule has 0 spiro atoms. The van der Waals surface area contributed by atoms with Gasteiger partial charge in [0.15, 0.2) is 6.19 Å². The van der Waals surface area contributed by atoms with Crippen molar-refractivity contribution in [3.05, 3.63) is 78.0 Å². The van der Waals surface area contributed by atoms with E-state index in [9.17, 15) is 5.26 Å². The molecule has 5 nitrogen and oxygen atoms in total. The molecule has 1 heterocycles. The number of fused-ring (bicyclic) bond motifs is 1. The van der Waals surface area contributed by atoms with Gasteiger partial charge in [0, 0.05) is 67.7 Å². The van der Waals surface area contributed by atoms with Crippen LogP contribution in [0.5, 0.6) is 0 Å². The van der Waals surface area contributed by atoms with Gasteiger partial charge in [-0.15, -0.1) is 0 Å².